The summed E-state index contributed by atoms with van der Waals surface area (Å²) in [4.78, 5) is 14.4. The van der Waals surface area contributed by atoms with E-state index in [0.29, 0.717) is 30.2 Å². The minimum absolute atomic E-state index is 0.0210. The zero-order valence-electron chi connectivity index (χ0n) is 12.5. The molecule has 6 nitrogen and oxygen atoms in total. The van der Waals surface area contributed by atoms with Gasteiger partial charge in [0.05, 0.1) is 12.8 Å². The summed E-state index contributed by atoms with van der Waals surface area (Å²) >= 11 is 0. The lowest BCUT2D eigenvalue weighted by molar-refractivity contribution is -0.130. The minimum atomic E-state index is -0.913. The third kappa shape index (κ3) is 2.41. The molecule has 2 rings (SSSR count). The first kappa shape index (κ1) is 15.2. The van der Waals surface area contributed by atoms with E-state index in [1.165, 1.54) is 4.90 Å². The third-order valence-corrected chi connectivity index (χ3v) is 4.15. The Hall–Kier alpha value is -2.24. The molecule has 0 spiro atoms. The van der Waals surface area contributed by atoms with Crippen LogP contribution in [0.15, 0.2) is 29.4 Å². The van der Waals surface area contributed by atoms with Crippen LogP contribution < -0.4 is 15.4 Å². The Morgan fingerprint density at radius 3 is 2.62 bits per heavy atom. The molecule has 1 fully saturated rings. The number of benzene rings is 1. The van der Waals surface area contributed by atoms with E-state index >= 15 is 0 Å². The highest BCUT2D eigenvalue weighted by Gasteiger charge is 2.53. The van der Waals surface area contributed by atoms with Gasteiger partial charge in [-0.1, -0.05) is 24.2 Å². The first-order valence-electron chi connectivity index (χ1n) is 6.85. The van der Waals surface area contributed by atoms with Crippen molar-refractivity contribution >= 4 is 17.4 Å². The molecule has 3 N–H and O–H groups in total. The summed E-state index contributed by atoms with van der Waals surface area (Å²) in [6.07, 6.45) is 1.17. The summed E-state index contributed by atoms with van der Waals surface area (Å²) in [5.41, 5.74) is 5.53. The van der Waals surface area contributed by atoms with Crippen molar-refractivity contribution in [3.05, 3.63) is 24.3 Å². The molecule has 0 saturated heterocycles. The molecule has 0 atom stereocenters. The van der Waals surface area contributed by atoms with E-state index in [1.807, 2.05) is 19.1 Å². The minimum Gasteiger partial charge on any atom is -0.495 e. The highest BCUT2D eigenvalue weighted by Crippen LogP contribution is 2.47. The van der Waals surface area contributed by atoms with Crippen molar-refractivity contribution in [2.75, 3.05) is 19.1 Å². The molecule has 0 heterocycles. The third-order valence-electron chi connectivity index (χ3n) is 4.15. The van der Waals surface area contributed by atoms with Crippen LogP contribution in [0.5, 0.6) is 5.75 Å². The number of ether oxygens (including phenoxy) is 1. The quantitative estimate of drug-likeness (QED) is 0.383. The van der Waals surface area contributed by atoms with Gasteiger partial charge in [-0.15, -0.1) is 0 Å². The van der Waals surface area contributed by atoms with Gasteiger partial charge in [-0.3, -0.25) is 4.79 Å². The van der Waals surface area contributed by atoms with Crippen molar-refractivity contribution in [1.82, 2.24) is 0 Å². The van der Waals surface area contributed by atoms with Crippen molar-refractivity contribution in [3.8, 4) is 5.75 Å². The number of oxime groups is 1. The number of carbonyl (C=O) groups is 1. The summed E-state index contributed by atoms with van der Waals surface area (Å²) in [7, 11) is 3.23. The Bertz CT molecular complexity index is 565. The first-order valence-corrected chi connectivity index (χ1v) is 6.85. The summed E-state index contributed by atoms with van der Waals surface area (Å²) < 4.78 is 5.28. The van der Waals surface area contributed by atoms with Crippen molar-refractivity contribution < 1.29 is 14.7 Å². The second kappa shape index (κ2) is 5.63. The lowest BCUT2D eigenvalue weighted by Gasteiger charge is -2.45. The maximum atomic E-state index is 12.9. The van der Waals surface area contributed by atoms with Gasteiger partial charge in [0.1, 0.15) is 11.2 Å². The van der Waals surface area contributed by atoms with Crippen molar-refractivity contribution in [3.63, 3.8) is 0 Å². The van der Waals surface area contributed by atoms with Crippen LogP contribution in [0.1, 0.15) is 19.8 Å². The molecule has 1 aliphatic rings. The van der Waals surface area contributed by atoms with E-state index in [1.54, 1.807) is 26.3 Å². The van der Waals surface area contributed by atoms with Crippen LogP contribution in [-0.2, 0) is 4.79 Å². The number of nitrogens with zero attached hydrogens (tertiary/aromatic N) is 2. The number of nitrogens with two attached hydrogens (primary N) is 1. The number of para-hydroxylation sites is 2. The normalized spacial score (nSPS) is 25.1. The first-order chi connectivity index (χ1) is 9.96. The van der Waals surface area contributed by atoms with Crippen LogP contribution in [0, 0.1) is 11.3 Å². The lowest BCUT2D eigenvalue weighted by atomic mass is 9.61. The Morgan fingerprint density at radius 2 is 2.10 bits per heavy atom. The molecule has 114 valence electrons. The van der Waals surface area contributed by atoms with Gasteiger partial charge in [-0.05, 0) is 30.9 Å². The van der Waals surface area contributed by atoms with Gasteiger partial charge in [0, 0.05) is 7.05 Å². The summed E-state index contributed by atoms with van der Waals surface area (Å²) in [5.74, 6) is 0.781. The molecule has 1 aromatic carbocycles. The number of anilines is 1. The molecule has 0 aliphatic heterocycles. The highest BCUT2D eigenvalue weighted by atomic mass is 16.5. The molecule has 1 aromatic rings. The molecule has 0 radical (unpaired) electrons. The highest BCUT2D eigenvalue weighted by molar-refractivity contribution is 6.13. The molecular formula is C15H21N3O3. The number of amidine groups is 1. The molecule has 21 heavy (non-hydrogen) atoms. The standard InChI is InChI=1S/C15H21N3O3/c1-10-8-15(9-10,13(16)17-20)14(19)18(2)11-6-4-5-7-12(11)21-3/h4-7,10,20H,8-9H2,1-3H3,(H2,16,17). The topological polar surface area (TPSA) is 88.2 Å². The van der Waals surface area contributed by atoms with E-state index in [-0.39, 0.29) is 11.7 Å². The van der Waals surface area contributed by atoms with E-state index in [9.17, 15) is 4.79 Å². The fourth-order valence-corrected chi connectivity index (χ4v) is 3.06. The summed E-state index contributed by atoms with van der Waals surface area (Å²) in [6, 6.07) is 7.27. The predicted octanol–water partition coefficient (Wildman–Crippen LogP) is 1.82. The number of methoxy groups -OCH3 is 1. The Labute approximate surface area is 124 Å². The van der Waals surface area contributed by atoms with Gasteiger partial charge in [-0.2, -0.15) is 0 Å². The molecule has 0 unspecified atom stereocenters. The number of amides is 1. The predicted molar refractivity (Wildman–Crippen MR) is 80.6 cm³/mol. The van der Waals surface area contributed by atoms with Crippen LogP contribution in [0.3, 0.4) is 0 Å². The van der Waals surface area contributed by atoms with Crippen LogP contribution in [0.2, 0.25) is 0 Å². The average Bonchev–Trinajstić information content (AvgIpc) is 2.49. The molecule has 6 heteroatoms. The summed E-state index contributed by atoms with van der Waals surface area (Å²) in [5, 5.41) is 12.1. The molecular weight excluding hydrogens is 270 g/mol. The molecule has 0 aromatic heterocycles. The Balaban J connectivity index is 2.34. The van der Waals surface area contributed by atoms with Crippen LogP contribution in [0.4, 0.5) is 5.69 Å². The van der Waals surface area contributed by atoms with Gasteiger partial charge in [0.2, 0.25) is 5.91 Å². The fourth-order valence-electron chi connectivity index (χ4n) is 3.06. The Morgan fingerprint density at radius 1 is 1.48 bits per heavy atom. The van der Waals surface area contributed by atoms with Crippen molar-refractivity contribution in [1.29, 1.82) is 0 Å². The zero-order valence-corrected chi connectivity index (χ0v) is 12.5. The van der Waals surface area contributed by atoms with Gasteiger partial charge in [0.25, 0.3) is 0 Å². The van der Waals surface area contributed by atoms with Crippen LogP contribution in [0.25, 0.3) is 0 Å². The monoisotopic (exact) mass is 291 g/mol. The van der Waals surface area contributed by atoms with Gasteiger partial charge < -0.3 is 20.6 Å². The fraction of sp³-hybridized carbons (Fsp3) is 0.467. The number of carbonyl (C=O) groups excluding carboxylic acids is 1. The molecule has 1 aliphatic carbocycles. The molecule has 1 amide bonds. The van der Waals surface area contributed by atoms with Crippen molar-refractivity contribution in [2.45, 2.75) is 19.8 Å². The summed E-state index contributed by atoms with van der Waals surface area (Å²) in [6.45, 7) is 2.04. The van der Waals surface area contributed by atoms with E-state index in [4.69, 9.17) is 15.7 Å². The largest absolute Gasteiger partial charge is 0.495 e. The molecule has 0 bridgehead atoms. The second-order valence-electron chi connectivity index (χ2n) is 5.62. The maximum absolute atomic E-state index is 12.9. The average molecular weight is 291 g/mol. The van der Waals surface area contributed by atoms with E-state index < -0.39 is 5.41 Å². The van der Waals surface area contributed by atoms with Crippen LogP contribution >= 0.6 is 0 Å². The van der Waals surface area contributed by atoms with Crippen molar-refractivity contribution in [2.24, 2.45) is 22.2 Å². The smallest absolute Gasteiger partial charge is 0.240 e. The lowest BCUT2D eigenvalue weighted by Crippen LogP contribution is -2.57. The maximum Gasteiger partial charge on any atom is 0.240 e. The zero-order chi connectivity index (χ0) is 15.6. The van der Waals surface area contributed by atoms with Gasteiger partial charge >= 0.3 is 0 Å². The number of rotatable bonds is 4. The van der Waals surface area contributed by atoms with Crippen LogP contribution in [-0.4, -0.2) is 31.1 Å². The van der Waals surface area contributed by atoms with E-state index in [2.05, 4.69) is 5.16 Å². The number of hydrogen-bond acceptors (Lipinski definition) is 4. The Kier molecular flexibility index (Phi) is 4.06. The van der Waals surface area contributed by atoms with E-state index in [0.717, 1.165) is 0 Å². The van der Waals surface area contributed by atoms with Gasteiger partial charge in [-0.25, -0.2) is 0 Å². The van der Waals surface area contributed by atoms with Gasteiger partial charge in [0.15, 0.2) is 5.84 Å². The SMILES string of the molecule is COc1ccccc1N(C)C(=O)C1(/C(N)=N/O)CC(C)C1. The molecule has 1 saturated carbocycles. The number of hydrogen-bond donors (Lipinski definition) is 2. The second-order valence-corrected chi connectivity index (χ2v) is 5.62.